The number of piperidine rings is 1. The van der Waals surface area contributed by atoms with Crippen LogP contribution in [-0.4, -0.2) is 37.6 Å². The van der Waals surface area contributed by atoms with Crippen LogP contribution in [-0.2, 0) is 4.79 Å². The monoisotopic (exact) mass is 235 g/mol. The van der Waals surface area contributed by atoms with Crippen molar-refractivity contribution in [2.24, 2.45) is 0 Å². The topological polar surface area (TPSA) is 54.5 Å². The molecule has 1 aromatic rings. The number of anilines is 1. The average Bonchev–Trinajstić information content (AvgIpc) is 2.39. The fraction of sp³-hybridized carbons (Fsp3) is 0.500. The Bertz CT molecular complexity index is 391. The maximum atomic E-state index is 12.1. The molecule has 2 rings (SSSR count). The third kappa shape index (κ3) is 2.39. The van der Waals surface area contributed by atoms with Gasteiger partial charge in [0.15, 0.2) is 0 Å². The Balaban J connectivity index is 2.17. The lowest BCUT2D eigenvalue weighted by Crippen LogP contribution is -2.49. The van der Waals surface area contributed by atoms with Crippen LogP contribution in [0.5, 0.6) is 5.88 Å². The number of methoxy groups -OCH3 is 1. The summed E-state index contributed by atoms with van der Waals surface area (Å²) in [7, 11) is 3.39. The molecule has 1 aliphatic rings. The first-order chi connectivity index (χ1) is 8.26. The predicted octanol–water partition coefficient (Wildman–Crippen LogP) is 0.805. The third-order valence-corrected chi connectivity index (χ3v) is 3.03. The molecule has 0 spiro atoms. The smallest absolute Gasteiger partial charge is 0.244 e. The van der Waals surface area contributed by atoms with Crippen LogP contribution in [0.3, 0.4) is 0 Å². The Morgan fingerprint density at radius 2 is 2.35 bits per heavy atom. The van der Waals surface area contributed by atoms with Crippen molar-refractivity contribution in [3.05, 3.63) is 18.3 Å². The van der Waals surface area contributed by atoms with Crippen molar-refractivity contribution < 1.29 is 9.53 Å². The van der Waals surface area contributed by atoms with E-state index in [0.717, 1.165) is 25.1 Å². The summed E-state index contributed by atoms with van der Waals surface area (Å²) < 4.78 is 5.00. The van der Waals surface area contributed by atoms with Gasteiger partial charge in [-0.1, -0.05) is 0 Å². The van der Waals surface area contributed by atoms with Gasteiger partial charge in [0.25, 0.3) is 0 Å². The van der Waals surface area contributed by atoms with E-state index in [2.05, 4.69) is 10.3 Å². The Labute approximate surface area is 101 Å². The van der Waals surface area contributed by atoms with E-state index < -0.39 is 0 Å². The number of hydrogen-bond acceptors (Lipinski definition) is 4. The van der Waals surface area contributed by atoms with Gasteiger partial charge in [0.05, 0.1) is 25.0 Å². The Kier molecular flexibility index (Phi) is 3.58. The number of pyridine rings is 1. The van der Waals surface area contributed by atoms with Gasteiger partial charge in [0, 0.05) is 12.6 Å². The molecule has 1 N–H and O–H groups in total. The fourth-order valence-electron chi connectivity index (χ4n) is 2.05. The van der Waals surface area contributed by atoms with Crippen LogP contribution in [0.1, 0.15) is 12.8 Å². The lowest BCUT2D eigenvalue weighted by Gasteiger charge is -2.31. The van der Waals surface area contributed by atoms with Crippen molar-refractivity contribution in [3.63, 3.8) is 0 Å². The lowest BCUT2D eigenvalue weighted by molar-refractivity contribution is -0.121. The minimum atomic E-state index is -0.0779. The van der Waals surface area contributed by atoms with Gasteiger partial charge in [-0.15, -0.1) is 0 Å². The fourth-order valence-corrected chi connectivity index (χ4v) is 2.05. The Hall–Kier alpha value is -1.62. The quantitative estimate of drug-likeness (QED) is 0.842. The van der Waals surface area contributed by atoms with Gasteiger partial charge in [0.2, 0.25) is 11.8 Å². The standard InChI is InChI=1S/C12H17N3O2/c1-13-10-4-3-7-15(12(10)16)9-5-6-11(17-2)14-8-9/h5-6,8,10,13H,3-4,7H2,1-2H3. The molecule has 92 valence electrons. The molecule has 1 atom stereocenters. The molecule has 0 aromatic carbocycles. The van der Waals surface area contributed by atoms with Crippen molar-refractivity contribution in [3.8, 4) is 5.88 Å². The molecule has 0 aliphatic carbocycles. The highest BCUT2D eigenvalue weighted by molar-refractivity contribution is 5.97. The molecule has 1 aliphatic heterocycles. The molecular formula is C12H17N3O2. The molecule has 5 heteroatoms. The summed E-state index contributed by atoms with van der Waals surface area (Å²) in [5.74, 6) is 0.675. The van der Waals surface area contributed by atoms with Crippen LogP contribution in [0.2, 0.25) is 0 Å². The molecule has 0 saturated carbocycles. The summed E-state index contributed by atoms with van der Waals surface area (Å²) >= 11 is 0. The van der Waals surface area contributed by atoms with Gasteiger partial charge in [-0.3, -0.25) is 4.79 Å². The van der Waals surface area contributed by atoms with Crippen molar-refractivity contribution in [2.75, 3.05) is 25.6 Å². The first-order valence-electron chi connectivity index (χ1n) is 5.75. The van der Waals surface area contributed by atoms with E-state index in [1.165, 1.54) is 0 Å². The van der Waals surface area contributed by atoms with Crippen LogP contribution < -0.4 is 15.0 Å². The van der Waals surface area contributed by atoms with E-state index in [-0.39, 0.29) is 11.9 Å². The van der Waals surface area contributed by atoms with Gasteiger partial charge < -0.3 is 15.0 Å². The molecule has 0 bridgehead atoms. The highest BCUT2D eigenvalue weighted by Crippen LogP contribution is 2.21. The van der Waals surface area contributed by atoms with Crippen LogP contribution in [0.4, 0.5) is 5.69 Å². The first kappa shape index (κ1) is 11.9. The van der Waals surface area contributed by atoms with Crippen molar-refractivity contribution >= 4 is 11.6 Å². The number of nitrogens with zero attached hydrogens (tertiary/aromatic N) is 2. The Morgan fingerprint density at radius 1 is 1.53 bits per heavy atom. The second kappa shape index (κ2) is 5.14. The van der Waals surface area contributed by atoms with E-state index in [1.54, 1.807) is 24.3 Å². The number of likely N-dealkylation sites (N-methyl/N-ethyl adjacent to an activating group) is 1. The van der Waals surface area contributed by atoms with Crippen LogP contribution in [0.25, 0.3) is 0 Å². The summed E-state index contributed by atoms with van der Waals surface area (Å²) in [6, 6.07) is 3.55. The summed E-state index contributed by atoms with van der Waals surface area (Å²) in [5.41, 5.74) is 0.829. The lowest BCUT2D eigenvalue weighted by atomic mass is 10.0. The first-order valence-corrected chi connectivity index (χ1v) is 5.75. The number of amides is 1. The van der Waals surface area contributed by atoms with Crippen molar-refractivity contribution in [1.29, 1.82) is 0 Å². The number of aromatic nitrogens is 1. The molecule has 0 radical (unpaired) electrons. The van der Waals surface area contributed by atoms with Crippen LogP contribution in [0.15, 0.2) is 18.3 Å². The number of carbonyl (C=O) groups excluding carboxylic acids is 1. The molecule has 2 heterocycles. The van der Waals surface area contributed by atoms with Crippen molar-refractivity contribution in [2.45, 2.75) is 18.9 Å². The number of carbonyl (C=O) groups is 1. The van der Waals surface area contributed by atoms with Crippen LogP contribution >= 0.6 is 0 Å². The molecule has 1 unspecified atom stereocenters. The number of ether oxygens (including phenoxy) is 1. The zero-order chi connectivity index (χ0) is 12.3. The van der Waals surface area contributed by atoms with E-state index in [4.69, 9.17) is 4.74 Å². The molecule has 1 saturated heterocycles. The van der Waals surface area contributed by atoms with Crippen LogP contribution in [0, 0.1) is 0 Å². The molecule has 1 aromatic heterocycles. The van der Waals surface area contributed by atoms with Gasteiger partial charge >= 0.3 is 0 Å². The number of hydrogen-bond donors (Lipinski definition) is 1. The Morgan fingerprint density at radius 3 is 2.94 bits per heavy atom. The third-order valence-electron chi connectivity index (χ3n) is 3.03. The maximum absolute atomic E-state index is 12.1. The second-order valence-corrected chi connectivity index (χ2v) is 4.03. The van der Waals surface area contributed by atoms with E-state index in [9.17, 15) is 4.79 Å². The predicted molar refractivity (Wildman–Crippen MR) is 65.2 cm³/mol. The average molecular weight is 235 g/mol. The van der Waals surface area contributed by atoms with E-state index in [1.807, 2.05) is 13.1 Å². The van der Waals surface area contributed by atoms with E-state index in [0.29, 0.717) is 5.88 Å². The van der Waals surface area contributed by atoms with Gasteiger partial charge in [-0.25, -0.2) is 4.98 Å². The second-order valence-electron chi connectivity index (χ2n) is 4.03. The summed E-state index contributed by atoms with van der Waals surface area (Å²) in [4.78, 5) is 18.0. The minimum absolute atomic E-state index is 0.0779. The number of rotatable bonds is 3. The molecule has 1 amide bonds. The van der Waals surface area contributed by atoms with Gasteiger partial charge in [-0.2, -0.15) is 0 Å². The SMILES string of the molecule is CNC1CCCN(c2ccc(OC)nc2)C1=O. The normalized spacial score (nSPS) is 20.5. The minimum Gasteiger partial charge on any atom is -0.481 e. The van der Waals surface area contributed by atoms with E-state index >= 15 is 0 Å². The molecular weight excluding hydrogens is 218 g/mol. The summed E-state index contributed by atoms with van der Waals surface area (Å²) in [6.45, 7) is 0.755. The van der Waals surface area contributed by atoms with Gasteiger partial charge in [0.1, 0.15) is 0 Å². The zero-order valence-corrected chi connectivity index (χ0v) is 10.1. The summed E-state index contributed by atoms with van der Waals surface area (Å²) in [6.07, 6.45) is 3.58. The molecule has 1 fully saturated rings. The molecule has 5 nitrogen and oxygen atoms in total. The number of nitrogens with one attached hydrogen (secondary N) is 1. The van der Waals surface area contributed by atoms with Gasteiger partial charge in [-0.05, 0) is 26.0 Å². The molecule has 17 heavy (non-hydrogen) atoms. The highest BCUT2D eigenvalue weighted by Gasteiger charge is 2.28. The highest BCUT2D eigenvalue weighted by atomic mass is 16.5. The van der Waals surface area contributed by atoms with Crippen molar-refractivity contribution in [1.82, 2.24) is 10.3 Å². The summed E-state index contributed by atoms with van der Waals surface area (Å²) in [5, 5.41) is 3.04. The largest absolute Gasteiger partial charge is 0.481 e. The maximum Gasteiger partial charge on any atom is 0.244 e. The zero-order valence-electron chi connectivity index (χ0n) is 10.1.